The summed E-state index contributed by atoms with van der Waals surface area (Å²) in [6.45, 7) is 2.14. The van der Waals surface area contributed by atoms with E-state index in [0.717, 1.165) is 12.1 Å². The number of methoxy groups -OCH3 is 2. The molecule has 1 aromatic carbocycles. The molecule has 1 rings (SSSR count). The highest BCUT2D eigenvalue weighted by atomic mass is 19.1. The molecule has 1 unspecified atom stereocenters. The number of carbonyl (C=O) groups excluding carboxylic acids is 1. The second-order valence-electron chi connectivity index (χ2n) is 4.16. The minimum absolute atomic E-state index is 0.0249. The average molecular weight is 273 g/mol. The highest BCUT2D eigenvalue weighted by Crippen LogP contribution is 2.25. The Balaban J connectivity index is 3.11. The lowest BCUT2D eigenvalue weighted by Gasteiger charge is -2.28. The van der Waals surface area contributed by atoms with Gasteiger partial charge in [-0.15, -0.1) is 0 Å². The number of hydrogen-bond donors (Lipinski definition) is 1. The summed E-state index contributed by atoms with van der Waals surface area (Å²) in [6, 6.07) is 3.05. The van der Waals surface area contributed by atoms with Crippen molar-refractivity contribution in [3.05, 3.63) is 35.4 Å². The second-order valence-corrected chi connectivity index (χ2v) is 4.16. The first-order chi connectivity index (χ1) is 8.95. The molecular formula is C13H17F2NO3. The van der Waals surface area contributed by atoms with Crippen LogP contribution < -0.4 is 5.32 Å². The quantitative estimate of drug-likeness (QED) is 0.631. The molecule has 106 valence electrons. The molecule has 0 bridgehead atoms. The molecular weight excluding hydrogens is 256 g/mol. The molecule has 0 amide bonds. The van der Waals surface area contributed by atoms with E-state index in [-0.39, 0.29) is 5.56 Å². The summed E-state index contributed by atoms with van der Waals surface area (Å²) in [5.41, 5.74) is -1.37. The Morgan fingerprint density at radius 2 is 2.05 bits per heavy atom. The van der Waals surface area contributed by atoms with Crippen LogP contribution in [0.15, 0.2) is 18.2 Å². The van der Waals surface area contributed by atoms with E-state index in [2.05, 4.69) is 10.1 Å². The normalized spacial score (nSPS) is 13.9. The molecule has 4 nitrogen and oxygen atoms in total. The summed E-state index contributed by atoms with van der Waals surface area (Å²) >= 11 is 0. The summed E-state index contributed by atoms with van der Waals surface area (Å²) in [5, 5.41) is 2.86. The number of ether oxygens (including phenoxy) is 2. The highest BCUT2D eigenvalue weighted by molar-refractivity contribution is 5.82. The molecule has 0 saturated heterocycles. The van der Waals surface area contributed by atoms with E-state index in [9.17, 15) is 13.6 Å². The molecule has 1 atom stereocenters. The Morgan fingerprint density at radius 3 is 2.58 bits per heavy atom. The van der Waals surface area contributed by atoms with Crippen molar-refractivity contribution in [1.82, 2.24) is 5.32 Å². The average Bonchev–Trinajstić information content (AvgIpc) is 2.37. The molecule has 0 aliphatic carbocycles. The number of nitrogens with one attached hydrogen (secondary N) is 1. The third kappa shape index (κ3) is 3.48. The van der Waals surface area contributed by atoms with Gasteiger partial charge in [-0.2, -0.15) is 0 Å². The van der Waals surface area contributed by atoms with E-state index in [0.29, 0.717) is 13.2 Å². The zero-order chi connectivity index (χ0) is 14.5. The molecule has 0 heterocycles. The number of carbonyl (C=O) groups is 1. The number of hydrogen-bond acceptors (Lipinski definition) is 4. The van der Waals surface area contributed by atoms with Crippen LogP contribution in [0.4, 0.5) is 8.78 Å². The predicted octanol–water partition coefficient (Wildman–Crippen LogP) is 1.59. The van der Waals surface area contributed by atoms with E-state index in [1.165, 1.54) is 27.2 Å². The van der Waals surface area contributed by atoms with Crippen LogP contribution in [0.2, 0.25) is 0 Å². The van der Waals surface area contributed by atoms with Crippen LogP contribution in [0.1, 0.15) is 12.5 Å². The van der Waals surface area contributed by atoms with E-state index in [4.69, 9.17) is 4.74 Å². The molecule has 0 aliphatic heterocycles. The molecule has 0 radical (unpaired) electrons. The lowest BCUT2D eigenvalue weighted by molar-refractivity contribution is -0.148. The Hall–Kier alpha value is -1.53. The van der Waals surface area contributed by atoms with Crippen molar-refractivity contribution in [2.24, 2.45) is 0 Å². The minimum atomic E-state index is -1.40. The first-order valence-corrected chi connectivity index (χ1v) is 5.73. The Bertz CT molecular complexity index is 454. The van der Waals surface area contributed by atoms with Crippen LogP contribution >= 0.6 is 0 Å². The van der Waals surface area contributed by atoms with Gasteiger partial charge in [-0.3, -0.25) is 5.32 Å². The van der Waals surface area contributed by atoms with Crippen LogP contribution in [0.3, 0.4) is 0 Å². The predicted molar refractivity (Wildman–Crippen MR) is 65.6 cm³/mol. The smallest absolute Gasteiger partial charge is 0.330 e. The Kier molecular flexibility index (Phi) is 5.38. The standard InChI is InChI=1S/C13H17F2NO3/c1-13(12(17)19-3,16-6-7-18-2)10-5-4-9(14)8-11(10)15/h4-5,8,16H,6-7H2,1-3H3. The van der Waals surface area contributed by atoms with Gasteiger partial charge in [0.05, 0.1) is 13.7 Å². The zero-order valence-corrected chi connectivity index (χ0v) is 11.1. The van der Waals surface area contributed by atoms with Crippen molar-refractivity contribution >= 4 is 5.97 Å². The van der Waals surface area contributed by atoms with Crippen molar-refractivity contribution in [1.29, 1.82) is 0 Å². The fourth-order valence-electron chi connectivity index (χ4n) is 1.78. The largest absolute Gasteiger partial charge is 0.467 e. The van der Waals surface area contributed by atoms with E-state index in [1.54, 1.807) is 0 Å². The fourth-order valence-corrected chi connectivity index (χ4v) is 1.78. The first-order valence-electron chi connectivity index (χ1n) is 5.73. The monoisotopic (exact) mass is 273 g/mol. The SMILES string of the molecule is COCCNC(C)(C(=O)OC)c1ccc(F)cc1F. The van der Waals surface area contributed by atoms with Gasteiger partial charge in [0, 0.05) is 25.3 Å². The molecule has 1 N–H and O–H groups in total. The summed E-state index contributed by atoms with van der Waals surface area (Å²) < 4.78 is 36.3. The van der Waals surface area contributed by atoms with Crippen LogP contribution in [0.5, 0.6) is 0 Å². The van der Waals surface area contributed by atoms with Crippen LogP contribution in [-0.4, -0.2) is 33.3 Å². The van der Waals surface area contributed by atoms with Crippen LogP contribution in [-0.2, 0) is 19.8 Å². The van der Waals surface area contributed by atoms with Gasteiger partial charge in [0.15, 0.2) is 0 Å². The number of halogens is 2. The lowest BCUT2D eigenvalue weighted by Crippen LogP contribution is -2.49. The zero-order valence-electron chi connectivity index (χ0n) is 11.1. The van der Waals surface area contributed by atoms with Gasteiger partial charge in [0.25, 0.3) is 0 Å². The summed E-state index contributed by atoms with van der Waals surface area (Å²) in [6.07, 6.45) is 0. The maximum Gasteiger partial charge on any atom is 0.330 e. The highest BCUT2D eigenvalue weighted by Gasteiger charge is 2.38. The first kappa shape index (κ1) is 15.5. The second kappa shape index (κ2) is 6.58. The minimum Gasteiger partial charge on any atom is -0.467 e. The third-order valence-corrected chi connectivity index (χ3v) is 2.85. The van der Waals surface area contributed by atoms with E-state index < -0.39 is 23.1 Å². The number of benzene rings is 1. The Morgan fingerprint density at radius 1 is 1.37 bits per heavy atom. The van der Waals surface area contributed by atoms with Crippen LogP contribution in [0.25, 0.3) is 0 Å². The summed E-state index contributed by atoms with van der Waals surface area (Å²) in [5.74, 6) is -2.17. The topological polar surface area (TPSA) is 47.6 Å². The van der Waals surface area contributed by atoms with E-state index >= 15 is 0 Å². The summed E-state index contributed by atoms with van der Waals surface area (Å²) in [7, 11) is 2.72. The van der Waals surface area contributed by atoms with Crippen molar-refractivity contribution < 1.29 is 23.0 Å². The van der Waals surface area contributed by atoms with Gasteiger partial charge < -0.3 is 9.47 Å². The van der Waals surface area contributed by atoms with Crippen molar-refractivity contribution in [3.63, 3.8) is 0 Å². The van der Waals surface area contributed by atoms with Gasteiger partial charge in [-0.05, 0) is 13.0 Å². The van der Waals surface area contributed by atoms with Gasteiger partial charge in [0.1, 0.15) is 17.2 Å². The molecule has 0 saturated carbocycles. The van der Waals surface area contributed by atoms with Gasteiger partial charge >= 0.3 is 5.97 Å². The van der Waals surface area contributed by atoms with Gasteiger partial charge in [0.2, 0.25) is 0 Å². The molecule has 6 heteroatoms. The molecule has 0 spiro atoms. The van der Waals surface area contributed by atoms with Crippen molar-refractivity contribution in [3.8, 4) is 0 Å². The third-order valence-electron chi connectivity index (χ3n) is 2.85. The van der Waals surface area contributed by atoms with Gasteiger partial charge in [-0.1, -0.05) is 6.07 Å². The maximum atomic E-state index is 13.8. The lowest BCUT2D eigenvalue weighted by atomic mass is 9.91. The van der Waals surface area contributed by atoms with Crippen molar-refractivity contribution in [2.45, 2.75) is 12.5 Å². The number of esters is 1. The summed E-state index contributed by atoms with van der Waals surface area (Å²) in [4.78, 5) is 11.9. The molecule has 0 aliphatic rings. The van der Waals surface area contributed by atoms with Crippen molar-refractivity contribution in [2.75, 3.05) is 27.4 Å². The Labute approximate surface area is 110 Å². The molecule has 0 aromatic heterocycles. The maximum absolute atomic E-state index is 13.8. The molecule has 1 aromatic rings. The fraction of sp³-hybridized carbons (Fsp3) is 0.462. The van der Waals surface area contributed by atoms with Crippen LogP contribution in [0, 0.1) is 11.6 Å². The van der Waals surface area contributed by atoms with E-state index in [1.807, 2.05) is 0 Å². The number of rotatable bonds is 6. The molecule has 0 fully saturated rings. The molecule has 19 heavy (non-hydrogen) atoms. The van der Waals surface area contributed by atoms with Gasteiger partial charge in [-0.25, -0.2) is 13.6 Å².